The minimum atomic E-state index is 0.767. The molecule has 4 aromatic rings. The highest BCUT2D eigenvalue weighted by Crippen LogP contribution is 2.33. The lowest BCUT2D eigenvalue weighted by atomic mass is 9.94. The molecule has 0 N–H and O–H groups in total. The van der Waals surface area contributed by atoms with Crippen LogP contribution in [0.2, 0.25) is 0 Å². The fourth-order valence-corrected chi connectivity index (χ4v) is 5.10. The van der Waals surface area contributed by atoms with Crippen molar-refractivity contribution in [3.8, 4) is 22.8 Å². The summed E-state index contributed by atoms with van der Waals surface area (Å²) in [5.74, 6) is 1.79. The lowest BCUT2D eigenvalue weighted by molar-refractivity contribution is 0.254. The van der Waals surface area contributed by atoms with Crippen molar-refractivity contribution in [3.05, 3.63) is 112 Å². The summed E-state index contributed by atoms with van der Waals surface area (Å²) in [6, 6.07) is 27.8. The third kappa shape index (κ3) is 6.62. The Morgan fingerprint density at radius 3 is 2.03 bits per heavy atom. The predicted molar refractivity (Wildman–Crippen MR) is 157 cm³/mol. The van der Waals surface area contributed by atoms with E-state index in [9.17, 15) is 0 Å². The van der Waals surface area contributed by atoms with Gasteiger partial charge in [-0.2, -0.15) is 0 Å². The molecule has 0 saturated heterocycles. The van der Waals surface area contributed by atoms with Crippen LogP contribution in [0.25, 0.3) is 11.3 Å². The van der Waals surface area contributed by atoms with Crippen molar-refractivity contribution in [1.29, 1.82) is 0 Å². The number of nitrogens with zero attached hydrogens (tertiary/aromatic N) is 2. The molecular weight excluding hydrogens is 468 g/mol. The van der Waals surface area contributed by atoms with Gasteiger partial charge in [0.25, 0.3) is 0 Å². The molecule has 198 valence electrons. The Kier molecular flexibility index (Phi) is 9.56. The van der Waals surface area contributed by atoms with Crippen LogP contribution in [0.4, 0.5) is 0 Å². The van der Waals surface area contributed by atoms with Crippen molar-refractivity contribution in [2.75, 3.05) is 20.8 Å². The zero-order chi connectivity index (χ0) is 26.9. The fraction of sp³-hybridized carbons (Fsp3) is 0.324. The zero-order valence-electron chi connectivity index (χ0n) is 23.5. The Bertz CT molecular complexity index is 1290. The molecule has 0 radical (unpaired) electrons. The van der Waals surface area contributed by atoms with E-state index in [0.717, 1.165) is 67.3 Å². The van der Waals surface area contributed by atoms with Crippen LogP contribution in [0.5, 0.6) is 11.5 Å². The van der Waals surface area contributed by atoms with Gasteiger partial charge in [-0.1, -0.05) is 74.5 Å². The van der Waals surface area contributed by atoms with Gasteiger partial charge in [0.2, 0.25) is 0 Å². The lowest BCUT2D eigenvalue weighted by Crippen LogP contribution is -2.26. The molecule has 0 saturated carbocycles. The molecule has 0 unspecified atom stereocenters. The van der Waals surface area contributed by atoms with Crippen molar-refractivity contribution < 1.29 is 9.47 Å². The highest BCUT2D eigenvalue weighted by Gasteiger charge is 2.18. The molecule has 0 atom stereocenters. The van der Waals surface area contributed by atoms with E-state index >= 15 is 0 Å². The van der Waals surface area contributed by atoms with Gasteiger partial charge in [-0.15, -0.1) is 0 Å². The van der Waals surface area contributed by atoms with Gasteiger partial charge in [0.1, 0.15) is 11.5 Å². The predicted octanol–water partition coefficient (Wildman–Crippen LogP) is 7.44. The summed E-state index contributed by atoms with van der Waals surface area (Å²) in [4.78, 5) is 7.64. The van der Waals surface area contributed by atoms with Gasteiger partial charge < -0.3 is 9.47 Å². The largest absolute Gasteiger partial charge is 0.497 e. The van der Waals surface area contributed by atoms with E-state index in [0.29, 0.717) is 0 Å². The van der Waals surface area contributed by atoms with E-state index in [1.807, 2.05) is 12.1 Å². The maximum atomic E-state index is 5.99. The second-order valence-electron chi connectivity index (χ2n) is 9.73. The minimum absolute atomic E-state index is 0.767. The summed E-state index contributed by atoms with van der Waals surface area (Å²) in [7, 11) is 3.48. The smallest absolute Gasteiger partial charge is 0.127 e. The van der Waals surface area contributed by atoms with Crippen LogP contribution in [-0.4, -0.2) is 30.6 Å². The second kappa shape index (κ2) is 13.3. The number of hydrogen-bond acceptors (Lipinski definition) is 4. The molecule has 38 heavy (non-hydrogen) atoms. The van der Waals surface area contributed by atoms with Crippen LogP contribution in [0.15, 0.2) is 78.9 Å². The standard InChI is InChI=1S/C34H40N2O2/c1-6-28-14-11-15-29(7-2)34(28)32-22-33(38-5)31(25(3)35-32)24-36(23-27-12-9-8-10-13-27)21-20-26-16-18-30(37-4)19-17-26/h8-19,22H,6-7,20-21,23-24H2,1-5H3. The van der Waals surface area contributed by atoms with Crippen molar-refractivity contribution in [1.82, 2.24) is 9.88 Å². The Labute approximate surface area is 228 Å². The first kappa shape index (κ1) is 27.4. The third-order valence-electron chi connectivity index (χ3n) is 7.27. The molecule has 0 fully saturated rings. The average Bonchev–Trinajstić information content (AvgIpc) is 2.96. The van der Waals surface area contributed by atoms with Gasteiger partial charge in [-0.25, -0.2) is 0 Å². The quantitative estimate of drug-likeness (QED) is 0.199. The Balaban J connectivity index is 1.64. The number of rotatable bonds is 12. The van der Waals surface area contributed by atoms with Crippen molar-refractivity contribution in [2.45, 2.75) is 53.1 Å². The molecule has 0 amide bonds. The minimum Gasteiger partial charge on any atom is -0.497 e. The van der Waals surface area contributed by atoms with Crippen LogP contribution in [0.3, 0.4) is 0 Å². The molecule has 4 heteroatoms. The van der Waals surface area contributed by atoms with Gasteiger partial charge in [-0.05, 0) is 60.6 Å². The molecule has 4 nitrogen and oxygen atoms in total. The van der Waals surface area contributed by atoms with Gasteiger partial charge in [0, 0.05) is 42.5 Å². The zero-order valence-corrected chi connectivity index (χ0v) is 23.5. The van der Waals surface area contributed by atoms with Crippen molar-refractivity contribution in [2.24, 2.45) is 0 Å². The number of methoxy groups -OCH3 is 2. The summed E-state index contributed by atoms with van der Waals surface area (Å²) in [6.07, 6.45) is 2.90. The Hall–Kier alpha value is -3.63. The van der Waals surface area contributed by atoms with E-state index in [4.69, 9.17) is 14.5 Å². The SMILES string of the molecule is CCc1cccc(CC)c1-c1cc(OC)c(CN(CCc2ccc(OC)cc2)Cc2ccccc2)c(C)n1. The maximum absolute atomic E-state index is 5.99. The average molecular weight is 509 g/mol. The number of aryl methyl sites for hydroxylation is 3. The van der Waals surface area contributed by atoms with E-state index < -0.39 is 0 Å². The number of hydrogen-bond donors (Lipinski definition) is 0. The lowest BCUT2D eigenvalue weighted by Gasteiger charge is -2.25. The van der Waals surface area contributed by atoms with Crippen molar-refractivity contribution in [3.63, 3.8) is 0 Å². The van der Waals surface area contributed by atoms with Gasteiger partial charge >= 0.3 is 0 Å². The van der Waals surface area contributed by atoms with Crippen molar-refractivity contribution >= 4 is 0 Å². The summed E-state index contributed by atoms with van der Waals surface area (Å²) in [5, 5.41) is 0. The van der Waals surface area contributed by atoms with Gasteiger partial charge in [0.15, 0.2) is 0 Å². The molecule has 0 bridgehead atoms. The van der Waals surface area contributed by atoms with Crippen LogP contribution < -0.4 is 9.47 Å². The molecule has 4 rings (SSSR count). The van der Waals surface area contributed by atoms with E-state index in [1.165, 1.54) is 27.8 Å². The second-order valence-corrected chi connectivity index (χ2v) is 9.73. The van der Waals surface area contributed by atoms with Crippen LogP contribution >= 0.6 is 0 Å². The Morgan fingerprint density at radius 2 is 1.42 bits per heavy atom. The van der Waals surface area contributed by atoms with Crippen LogP contribution in [-0.2, 0) is 32.4 Å². The fourth-order valence-electron chi connectivity index (χ4n) is 5.10. The van der Waals surface area contributed by atoms with E-state index in [-0.39, 0.29) is 0 Å². The Morgan fingerprint density at radius 1 is 0.737 bits per heavy atom. The normalized spacial score (nSPS) is 11.1. The van der Waals surface area contributed by atoms with E-state index in [1.54, 1.807) is 14.2 Å². The monoisotopic (exact) mass is 508 g/mol. The summed E-state index contributed by atoms with van der Waals surface area (Å²) in [5.41, 5.74) is 9.68. The summed E-state index contributed by atoms with van der Waals surface area (Å²) >= 11 is 0. The van der Waals surface area contributed by atoms with Gasteiger partial charge in [0.05, 0.1) is 19.9 Å². The third-order valence-corrected chi connectivity index (χ3v) is 7.27. The number of aromatic nitrogens is 1. The summed E-state index contributed by atoms with van der Waals surface area (Å²) < 4.78 is 11.3. The first-order valence-electron chi connectivity index (χ1n) is 13.6. The number of benzene rings is 3. The first-order chi connectivity index (χ1) is 18.6. The number of ether oxygens (including phenoxy) is 2. The highest BCUT2D eigenvalue weighted by atomic mass is 16.5. The molecular formula is C34H40N2O2. The van der Waals surface area contributed by atoms with Crippen LogP contribution in [0.1, 0.15) is 47.4 Å². The molecule has 0 aliphatic heterocycles. The molecule has 0 spiro atoms. The maximum Gasteiger partial charge on any atom is 0.127 e. The molecule has 1 heterocycles. The van der Waals surface area contributed by atoms with Gasteiger partial charge in [-0.3, -0.25) is 9.88 Å². The molecule has 0 aliphatic carbocycles. The molecule has 1 aromatic heterocycles. The topological polar surface area (TPSA) is 34.6 Å². The molecule has 0 aliphatic rings. The summed E-state index contributed by atoms with van der Waals surface area (Å²) in [6.45, 7) is 9.08. The molecule has 3 aromatic carbocycles. The van der Waals surface area contributed by atoms with Crippen LogP contribution in [0, 0.1) is 6.92 Å². The van der Waals surface area contributed by atoms with E-state index in [2.05, 4.69) is 92.4 Å². The first-order valence-corrected chi connectivity index (χ1v) is 13.6. The number of pyridine rings is 1. The highest BCUT2D eigenvalue weighted by molar-refractivity contribution is 5.70.